The summed E-state index contributed by atoms with van der Waals surface area (Å²) in [6.07, 6.45) is 2.63. The van der Waals surface area contributed by atoms with E-state index < -0.39 is 0 Å². The Balaban J connectivity index is 1.84. The molecule has 0 saturated carbocycles. The maximum atomic E-state index is 6.16. The molecule has 0 aliphatic rings. The SMILES string of the molecule is Cc1cccc(SCC(N)Cc2ccc(Br)cn2)c1. The number of nitrogens with two attached hydrogens (primary N) is 1. The third kappa shape index (κ3) is 4.97. The zero-order chi connectivity index (χ0) is 13.7. The second-order valence-electron chi connectivity index (χ2n) is 4.56. The van der Waals surface area contributed by atoms with Gasteiger partial charge in [-0.2, -0.15) is 0 Å². The Bertz CT molecular complexity index is 528. The molecule has 0 amide bonds. The molecule has 0 fully saturated rings. The van der Waals surface area contributed by atoms with E-state index in [4.69, 9.17) is 5.73 Å². The lowest BCUT2D eigenvalue weighted by Gasteiger charge is -2.11. The first-order chi connectivity index (χ1) is 9.13. The fraction of sp³-hybridized carbons (Fsp3) is 0.267. The molecular formula is C15H17BrN2S. The molecule has 1 unspecified atom stereocenters. The Morgan fingerprint density at radius 3 is 2.84 bits per heavy atom. The summed E-state index contributed by atoms with van der Waals surface area (Å²) in [6.45, 7) is 2.11. The van der Waals surface area contributed by atoms with E-state index in [0.29, 0.717) is 0 Å². The average Bonchev–Trinajstić information content (AvgIpc) is 2.39. The van der Waals surface area contributed by atoms with Crippen LogP contribution in [0.3, 0.4) is 0 Å². The van der Waals surface area contributed by atoms with Gasteiger partial charge >= 0.3 is 0 Å². The lowest BCUT2D eigenvalue weighted by Crippen LogP contribution is -2.25. The van der Waals surface area contributed by atoms with E-state index in [0.717, 1.165) is 22.3 Å². The van der Waals surface area contributed by atoms with Gasteiger partial charge in [0.2, 0.25) is 0 Å². The molecule has 1 aromatic heterocycles. The van der Waals surface area contributed by atoms with Gasteiger partial charge in [-0.15, -0.1) is 11.8 Å². The first-order valence-electron chi connectivity index (χ1n) is 6.19. The van der Waals surface area contributed by atoms with Gasteiger partial charge in [0, 0.05) is 39.5 Å². The van der Waals surface area contributed by atoms with E-state index in [1.807, 2.05) is 18.3 Å². The molecule has 1 atom stereocenters. The summed E-state index contributed by atoms with van der Waals surface area (Å²) in [5.74, 6) is 0.904. The highest BCUT2D eigenvalue weighted by Crippen LogP contribution is 2.20. The summed E-state index contributed by atoms with van der Waals surface area (Å²) >= 11 is 5.18. The number of halogens is 1. The van der Waals surface area contributed by atoms with Crippen LogP contribution < -0.4 is 5.73 Å². The second-order valence-corrected chi connectivity index (χ2v) is 6.57. The van der Waals surface area contributed by atoms with Crippen molar-refractivity contribution < 1.29 is 0 Å². The molecule has 2 rings (SSSR count). The van der Waals surface area contributed by atoms with Gasteiger partial charge in [0.15, 0.2) is 0 Å². The molecule has 0 radical (unpaired) electrons. The molecule has 0 aliphatic heterocycles. The highest BCUT2D eigenvalue weighted by molar-refractivity contribution is 9.10. The minimum absolute atomic E-state index is 0.124. The van der Waals surface area contributed by atoms with Crippen molar-refractivity contribution in [1.82, 2.24) is 4.98 Å². The number of thioether (sulfide) groups is 1. The van der Waals surface area contributed by atoms with Crippen LogP contribution in [0.2, 0.25) is 0 Å². The fourth-order valence-electron chi connectivity index (χ4n) is 1.76. The molecule has 2 N–H and O–H groups in total. The zero-order valence-electron chi connectivity index (χ0n) is 10.8. The number of rotatable bonds is 5. The Kier molecular flexibility index (Phi) is 5.43. The zero-order valence-corrected chi connectivity index (χ0v) is 13.2. The molecule has 0 saturated heterocycles. The molecule has 0 spiro atoms. The standard InChI is InChI=1S/C15H17BrN2S/c1-11-3-2-4-15(7-11)19-10-13(17)8-14-6-5-12(16)9-18-14/h2-7,9,13H,8,10,17H2,1H3. The molecule has 2 aromatic rings. The third-order valence-electron chi connectivity index (χ3n) is 2.71. The highest BCUT2D eigenvalue weighted by atomic mass is 79.9. The smallest absolute Gasteiger partial charge is 0.0420 e. The summed E-state index contributed by atoms with van der Waals surface area (Å²) in [5.41, 5.74) is 8.48. The topological polar surface area (TPSA) is 38.9 Å². The number of pyridine rings is 1. The molecule has 4 heteroatoms. The van der Waals surface area contributed by atoms with Gasteiger partial charge in [-0.05, 0) is 47.1 Å². The number of hydrogen-bond acceptors (Lipinski definition) is 3. The van der Waals surface area contributed by atoms with Crippen LogP contribution in [-0.2, 0) is 6.42 Å². The van der Waals surface area contributed by atoms with Crippen LogP contribution in [0.1, 0.15) is 11.3 Å². The fourth-order valence-corrected chi connectivity index (χ4v) is 2.97. The molecule has 100 valence electrons. The van der Waals surface area contributed by atoms with Crippen LogP contribution in [0, 0.1) is 6.92 Å². The predicted octanol–water partition coefficient (Wildman–Crippen LogP) is 3.81. The number of aromatic nitrogens is 1. The lowest BCUT2D eigenvalue weighted by atomic mass is 10.2. The van der Waals surface area contributed by atoms with Crippen LogP contribution in [0.5, 0.6) is 0 Å². The highest BCUT2D eigenvalue weighted by Gasteiger charge is 2.06. The van der Waals surface area contributed by atoms with Crippen molar-refractivity contribution in [2.24, 2.45) is 5.73 Å². The van der Waals surface area contributed by atoms with E-state index in [2.05, 4.69) is 52.1 Å². The van der Waals surface area contributed by atoms with Crippen LogP contribution in [-0.4, -0.2) is 16.8 Å². The largest absolute Gasteiger partial charge is 0.327 e. The lowest BCUT2D eigenvalue weighted by molar-refractivity contribution is 0.731. The van der Waals surface area contributed by atoms with Crippen molar-refractivity contribution in [3.63, 3.8) is 0 Å². The monoisotopic (exact) mass is 336 g/mol. The van der Waals surface area contributed by atoms with Crippen molar-refractivity contribution in [2.45, 2.75) is 24.3 Å². The van der Waals surface area contributed by atoms with Crippen molar-refractivity contribution in [2.75, 3.05) is 5.75 Å². The van der Waals surface area contributed by atoms with E-state index in [1.165, 1.54) is 10.5 Å². The Morgan fingerprint density at radius 2 is 2.16 bits per heavy atom. The molecule has 19 heavy (non-hydrogen) atoms. The number of aryl methyl sites for hydroxylation is 1. The van der Waals surface area contributed by atoms with Gasteiger partial charge in [0.1, 0.15) is 0 Å². The van der Waals surface area contributed by atoms with Crippen LogP contribution in [0.4, 0.5) is 0 Å². The first-order valence-corrected chi connectivity index (χ1v) is 7.97. The summed E-state index contributed by atoms with van der Waals surface area (Å²) in [5, 5.41) is 0. The predicted molar refractivity (Wildman–Crippen MR) is 85.5 cm³/mol. The van der Waals surface area contributed by atoms with E-state index in [9.17, 15) is 0 Å². The van der Waals surface area contributed by atoms with Gasteiger partial charge in [-0.3, -0.25) is 4.98 Å². The van der Waals surface area contributed by atoms with Crippen molar-refractivity contribution in [1.29, 1.82) is 0 Å². The minimum Gasteiger partial charge on any atom is -0.327 e. The molecule has 0 aliphatic carbocycles. The number of hydrogen-bond donors (Lipinski definition) is 1. The van der Waals surface area contributed by atoms with E-state index in [1.54, 1.807) is 11.8 Å². The van der Waals surface area contributed by atoms with Crippen molar-refractivity contribution in [3.05, 3.63) is 58.3 Å². The van der Waals surface area contributed by atoms with Gasteiger partial charge in [-0.25, -0.2) is 0 Å². The summed E-state index contributed by atoms with van der Waals surface area (Å²) < 4.78 is 0.999. The molecular weight excluding hydrogens is 320 g/mol. The minimum atomic E-state index is 0.124. The molecule has 1 heterocycles. The number of nitrogens with zero attached hydrogens (tertiary/aromatic N) is 1. The summed E-state index contributed by atoms with van der Waals surface area (Å²) in [7, 11) is 0. The third-order valence-corrected chi connectivity index (χ3v) is 4.36. The van der Waals surface area contributed by atoms with Crippen LogP contribution in [0.15, 0.2) is 52.0 Å². The van der Waals surface area contributed by atoms with Gasteiger partial charge < -0.3 is 5.73 Å². The van der Waals surface area contributed by atoms with Gasteiger partial charge in [-0.1, -0.05) is 17.7 Å². The Labute approximate surface area is 126 Å². The molecule has 0 bridgehead atoms. The van der Waals surface area contributed by atoms with Crippen LogP contribution >= 0.6 is 27.7 Å². The van der Waals surface area contributed by atoms with Crippen LogP contribution in [0.25, 0.3) is 0 Å². The Hall–Kier alpha value is -0.840. The van der Waals surface area contributed by atoms with Gasteiger partial charge in [0.05, 0.1) is 0 Å². The second kappa shape index (κ2) is 7.08. The first kappa shape index (κ1) is 14.6. The van der Waals surface area contributed by atoms with E-state index in [-0.39, 0.29) is 6.04 Å². The number of benzene rings is 1. The Morgan fingerprint density at radius 1 is 1.32 bits per heavy atom. The summed E-state index contributed by atoms with van der Waals surface area (Å²) in [6, 6.07) is 12.6. The normalized spacial score (nSPS) is 12.4. The van der Waals surface area contributed by atoms with E-state index >= 15 is 0 Å². The van der Waals surface area contributed by atoms with Crippen molar-refractivity contribution >= 4 is 27.7 Å². The molecule has 1 aromatic carbocycles. The average molecular weight is 337 g/mol. The van der Waals surface area contributed by atoms with Crippen molar-refractivity contribution in [3.8, 4) is 0 Å². The van der Waals surface area contributed by atoms with Gasteiger partial charge in [0.25, 0.3) is 0 Å². The quantitative estimate of drug-likeness (QED) is 0.843. The maximum Gasteiger partial charge on any atom is 0.0420 e. The summed E-state index contributed by atoms with van der Waals surface area (Å²) in [4.78, 5) is 5.63. The maximum absolute atomic E-state index is 6.16. The molecule has 2 nitrogen and oxygen atoms in total.